The van der Waals surface area contributed by atoms with Gasteiger partial charge in [-0.15, -0.1) is 0 Å². The van der Waals surface area contributed by atoms with E-state index in [1.165, 1.54) is 9.47 Å². The number of hydrogen-bond acceptors (Lipinski definition) is 6. The molecule has 1 amide bonds. The van der Waals surface area contributed by atoms with Crippen LogP contribution in [0.15, 0.2) is 39.9 Å². The minimum Gasteiger partial charge on any atom is -0.484 e. The molecule has 4 rings (SSSR count). The fourth-order valence-electron chi connectivity index (χ4n) is 3.03. The van der Waals surface area contributed by atoms with Crippen LogP contribution in [0.4, 0.5) is 13.2 Å². The Morgan fingerprint density at radius 1 is 1.31 bits per heavy atom. The summed E-state index contributed by atoms with van der Waals surface area (Å²) in [6.45, 7) is -0.0756. The largest absolute Gasteiger partial charge is 0.484 e. The predicted molar refractivity (Wildman–Crippen MR) is 90.7 cm³/mol. The number of aromatic amines is 1. The van der Waals surface area contributed by atoms with Crippen molar-refractivity contribution in [3.05, 3.63) is 52.5 Å². The number of hydrogen-bond donors (Lipinski definition) is 1. The SMILES string of the molecule is O=C(COc1cccc(-c2noc(=O)[nH]2)c1)N1CCn2cnc(C(F)(F)F)c2C1. The first-order valence-electron chi connectivity index (χ1n) is 8.49. The van der Waals surface area contributed by atoms with E-state index in [1.807, 2.05) is 0 Å². The highest BCUT2D eigenvalue weighted by atomic mass is 19.4. The Morgan fingerprint density at radius 2 is 2.14 bits per heavy atom. The lowest BCUT2D eigenvalue weighted by atomic mass is 10.2. The standard InChI is InChI=1S/C17H14F3N5O4/c18-17(19,20)14-12-7-24(4-5-25(12)9-21-14)13(26)8-28-11-3-1-2-10(6-11)15-22-16(27)29-23-15/h1-3,6,9H,4-5,7-8H2,(H,22,23,27). The van der Waals surface area contributed by atoms with Gasteiger partial charge in [0.2, 0.25) is 0 Å². The van der Waals surface area contributed by atoms with E-state index >= 15 is 0 Å². The molecule has 0 unspecified atom stereocenters. The Bertz CT molecular complexity index is 1100. The highest BCUT2D eigenvalue weighted by Crippen LogP contribution is 2.32. The van der Waals surface area contributed by atoms with Crippen LogP contribution in [0.1, 0.15) is 11.4 Å². The number of nitrogens with one attached hydrogen (secondary N) is 1. The number of fused-ring (bicyclic) bond motifs is 1. The van der Waals surface area contributed by atoms with E-state index in [0.717, 1.165) is 6.33 Å². The minimum absolute atomic E-state index is 0.0471. The van der Waals surface area contributed by atoms with Crippen LogP contribution < -0.4 is 10.5 Å². The molecule has 29 heavy (non-hydrogen) atoms. The van der Waals surface area contributed by atoms with E-state index in [9.17, 15) is 22.8 Å². The van der Waals surface area contributed by atoms with E-state index < -0.39 is 23.5 Å². The van der Waals surface area contributed by atoms with E-state index in [1.54, 1.807) is 24.3 Å². The van der Waals surface area contributed by atoms with Crippen LogP contribution >= 0.6 is 0 Å². The zero-order valence-electron chi connectivity index (χ0n) is 14.8. The summed E-state index contributed by atoms with van der Waals surface area (Å²) in [4.78, 5) is 30.6. The third-order valence-electron chi connectivity index (χ3n) is 4.43. The van der Waals surface area contributed by atoms with Crippen molar-refractivity contribution in [3.63, 3.8) is 0 Å². The lowest BCUT2D eigenvalue weighted by Crippen LogP contribution is -2.41. The molecule has 3 heterocycles. The average molecular weight is 409 g/mol. The van der Waals surface area contributed by atoms with Gasteiger partial charge in [-0.2, -0.15) is 13.2 Å². The van der Waals surface area contributed by atoms with Gasteiger partial charge in [0, 0.05) is 18.7 Å². The Labute approximate surface area is 160 Å². The molecule has 1 N–H and O–H groups in total. The summed E-state index contributed by atoms with van der Waals surface area (Å²) in [5, 5.41) is 3.57. The Kier molecular flexibility index (Phi) is 4.60. The van der Waals surface area contributed by atoms with Crippen LogP contribution in [-0.2, 0) is 24.1 Å². The first-order chi connectivity index (χ1) is 13.8. The van der Waals surface area contributed by atoms with Crippen molar-refractivity contribution < 1.29 is 27.2 Å². The molecule has 0 atom stereocenters. The molecule has 0 saturated carbocycles. The molecule has 12 heteroatoms. The summed E-state index contributed by atoms with van der Waals surface area (Å²) in [7, 11) is 0. The maximum atomic E-state index is 13.0. The number of halogens is 3. The fourth-order valence-corrected chi connectivity index (χ4v) is 3.03. The van der Waals surface area contributed by atoms with Crippen molar-refractivity contribution in [1.29, 1.82) is 0 Å². The van der Waals surface area contributed by atoms with Crippen molar-refractivity contribution in [2.75, 3.05) is 13.2 Å². The van der Waals surface area contributed by atoms with Crippen LogP contribution in [-0.4, -0.2) is 43.7 Å². The molecule has 0 fully saturated rings. The topological polar surface area (TPSA) is 106 Å². The number of ether oxygens (including phenoxy) is 1. The number of H-pyrrole nitrogens is 1. The maximum absolute atomic E-state index is 13.0. The van der Waals surface area contributed by atoms with Crippen LogP contribution in [0.25, 0.3) is 11.4 Å². The van der Waals surface area contributed by atoms with Gasteiger partial charge in [0.15, 0.2) is 18.1 Å². The van der Waals surface area contributed by atoms with Crippen molar-refractivity contribution >= 4 is 5.91 Å². The van der Waals surface area contributed by atoms with Gasteiger partial charge in [-0.1, -0.05) is 17.3 Å². The Morgan fingerprint density at radius 3 is 2.86 bits per heavy atom. The molecule has 0 radical (unpaired) electrons. The quantitative estimate of drug-likeness (QED) is 0.703. The third-order valence-corrected chi connectivity index (χ3v) is 4.43. The number of aromatic nitrogens is 4. The number of imidazole rings is 1. The molecule has 152 valence electrons. The highest BCUT2D eigenvalue weighted by molar-refractivity contribution is 5.78. The normalized spacial score (nSPS) is 14.0. The summed E-state index contributed by atoms with van der Waals surface area (Å²) in [5.41, 5.74) is -0.517. The molecule has 1 aliphatic rings. The molecule has 0 aliphatic carbocycles. The van der Waals surface area contributed by atoms with Crippen molar-refractivity contribution in [2.24, 2.45) is 0 Å². The van der Waals surface area contributed by atoms with Gasteiger partial charge in [0.1, 0.15) is 5.75 Å². The predicted octanol–water partition coefficient (Wildman–Crippen LogP) is 1.67. The number of amides is 1. The van der Waals surface area contributed by atoms with Gasteiger partial charge >= 0.3 is 11.9 Å². The first-order valence-corrected chi connectivity index (χ1v) is 8.49. The molecule has 9 nitrogen and oxygen atoms in total. The van der Waals surface area contributed by atoms with Crippen molar-refractivity contribution in [1.82, 2.24) is 24.6 Å². The van der Waals surface area contributed by atoms with E-state index in [-0.39, 0.29) is 37.8 Å². The van der Waals surface area contributed by atoms with Crippen LogP contribution in [0.5, 0.6) is 5.75 Å². The molecule has 1 aromatic carbocycles. The molecule has 1 aliphatic heterocycles. The molecular weight excluding hydrogens is 395 g/mol. The molecular formula is C17H14F3N5O4. The second-order valence-electron chi connectivity index (χ2n) is 6.31. The molecule has 3 aromatic rings. The second kappa shape index (κ2) is 7.11. The van der Waals surface area contributed by atoms with E-state index in [4.69, 9.17) is 4.74 Å². The lowest BCUT2D eigenvalue weighted by Gasteiger charge is -2.29. The minimum atomic E-state index is -4.58. The fraction of sp³-hybridized carbons (Fsp3) is 0.294. The van der Waals surface area contributed by atoms with Gasteiger partial charge in [-0.3, -0.25) is 14.3 Å². The number of alkyl halides is 3. The Balaban J connectivity index is 1.42. The summed E-state index contributed by atoms with van der Waals surface area (Å²) in [5.74, 6) is -0.622. The van der Waals surface area contributed by atoms with Gasteiger partial charge in [0.05, 0.1) is 18.6 Å². The van der Waals surface area contributed by atoms with Gasteiger partial charge in [-0.25, -0.2) is 9.78 Å². The average Bonchev–Trinajstić information content (AvgIpc) is 3.31. The summed E-state index contributed by atoms with van der Waals surface area (Å²) >= 11 is 0. The first kappa shape index (κ1) is 18.8. The summed E-state index contributed by atoms with van der Waals surface area (Å²) in [6, 6.07) is 6.44. The molecule has 0 bridgehead atoms. The van der Waals surface area contributed by atoms with Gasteiger partial charge in [0.25, 0.3) is 5.91 Å². The number of nitrogens with zero attached hydrogens (tertiary/aromatic N) is 4. The summed E-state index contributed by atoms with van der Waals surface area (Å²) in [6.07, 6.45) is -3.44. The monoisotopic (exact) mass is 409 g/mol. The molecule has 0 saturated heterocycles. The highest BCUT2D eigenvalue weighted by Gasteiger charge is 2.39. The van der Waals surface area contributed by atoms with E-state index in [0.29, 0.717) is 11.3 Å². The number of carbonyl (C=O) groups is 1. The smallest absolute Gasteiger partial charge is 0.439 e. The molecule has 0 spiro atoms. The van der Waals surface area contributed by atoms with Crippen molar-refractivity contribution in [2.45, 2.75) is 19.3 Å². The van der Waals surface area contributed by atoms with Gasteiger partial charge in [-0.05, 0) is 12.1 Å². The van der Waals surface area contributed by atoms with E-state index in [2.05, 4.69) is 19.6 Å². The third kappa shape index (κ3) is 3.86. The molecule has 2 aromatic heterocycles. The maximum Gasteiger partial charge on any atom is 0.439 e. The Hall–Kier alpha value is -3.57. The number of carbonyl (C=O) groups excluding carboxylic acids is 1. The van der Waals surface area contributed by atoms with Gasteiger partial charge < -0.3 is 14.2 Å². The summed E-state index contributed by atoms with van der Waals surface area (Å²) < 4.78 is 50.5. The van der Waals surface area contributed by atoms with Crippen LogP contribution in [0.3, 0.4) is 0 Å². The van der Waals surface area contributed by atoms with Crippen molar-refractivity contribution in [3.8, 4) is 17.1 Å². The number of rotatable bonds is 4. The number of benzene rings is 1. The van der Waals surface area contributed by atoms with Crippen LogP contribution in [0, 0.1) is 0 Å². The zero-order chi connectivity index (χ0) is 20.6. The second-order valence-corrected chi connectivity index (χ2v) is 6.31. The van der Waals surface area contributed by atoms with Crippen LogP contribution in [0.2, 0.25) is 0 Å². The lowest BCUT2D eigenvalue weighted by molar-refractivity contribution is -0.143. The zero-order valence-corrected chi connectivity index (χ0v) is 14.8.